The summed E-state index contributed by atoms with van der Waals surface area (Å²) in [5.41, 5.74) is 5.18. The molecule has 5 nitrogen and oxygen atoms in total. The summed E-state index contributed by atoms with van der Waals surface area (Å²) >= 11 is 3.48. The Kier molecular flexibility index (Phi) is 4.71. The van der Waals surface area contributed by atoms with Crippen LogP contribution in [0.3, 0.4) is 0 Å². The highest BCUT2D eigenvalue weighted by molar-refractivity contribution is 9.10. The average molecular weight is 426 g/mol. The fourth-order valence-corrected chi connectivity index (χ4v) is 4.08. The second kappa shape index (κ2) is 7.16. The van der Waals surface area contributed by atoms with Crippen LogP contribution in [0.2, 0.25) is 0 Å². The van der Waals surface area contributed by atoms with Gasteiger partial charge in [-0.05, 0) is 48.4 Å². The molecule has 0 saturated heterocycles. The zero-order valence-corrected chi connectivity index (χ0v) is 16.9. The van der Waals surface area contributed by atoms with Crippen LogP contribution in [-0.4, -0.2) is 38.9 Å². The van der Waals surface area contributed by atoms with Gasteiger partial charge in [-0.25, -0.2) is 0 Å². The lowest BCUT2D eigenvalue weighted by Gasteiger charge is -2.43. The van der Waals surface area contributed by atoms with E-state index in [1.165, 1.54) is 5.56 Å². The van der Waals surface area contributed by atoms with Crippen molar-refractivity contribution in [1.29, 1.82) is 5.26 Å². The van der Waals surface area contributed by atoms with Crippen molar-refractivity contribution in [3.05, 3.63) is 57.6 Å². The molecule has 27 heavy (non-hydrogen) atoms. The van der Waals surface area contributed by atoms with Gasteiger partial charge >= 0.3 is 0 Å². The largest absolute Gasteiger partial charge is 0.493 e. The highest BCUT2D eigenvalue weighted by atomic mass is 79.9. The lowest BCUT2D eigenvalue weighted by Crippen LogP contribution is -2.45. The van der Waals surface area contributed by atoms with E-state index in [4.69, 9.17) is 9.47 Å². The third-order valence-corrected chi connectivity index (χ3v) is 5.66. The first-order chi connectivity index (χ1) is 13.1. The summed E-state index contributed by atoms with van der Waals surface area (Å²) in [5, 5.41) is 9.87. The lowest BCUT2D eigenvalue weighted by atomic mass is 9.92. The maximum absolute atomic E-state index is 9.87. The Labute approximate surface area is 167 Å². The van der Waals surface area contributed by atoms with Crippen LogP contribution in [0.5, 0.6) is 11.5 Å². The van der Waals surface area contributed by atoms with E-state index in [9.17, 15) is 5.26 Å². The van der Waals surface area contributed by atoms with Crippen molar-refractivity contribution >= 4 is 27.3 Å². The molecule has 2 aliphatic heterocycles. The Morgan fingerprint density at radius 1 is 1.04 bits per heavy atom. The molecule has 6 heteroatoms. The van der Waals surface area contributed by atoms with Crippen molar-refractivity contribution in [3.63, 3.8) is 0 Å². The van der Waals surface area contributed by atoms with Crippen LogP contribution in [-0.2, 0) is 6.42 Å². The van der Waals surface area contributed by atoms with Gasteiger partial charge in [-0.1, -0.05) is 15.9 Å². The molecule has 2 aromatic rings. The van der Waals surface area contributed by atoms with E-state index in [0.717, 1.165) is 52.4 Å². The first-order valence-corrected chi connectivity index (χ1v) is 9.58. The van der Waals surface area contributed by atoms with E-state index < -0.39 is 0 Å². The minimum atomic E-state index is 0.595. The second-order valence-corrected chi connectivity index (χ2v) is 7.55. The lowest BCUT2D eigenvalue weighted by molar-refractivity contribution is 0.349. The molecule has 0 aromatic heterocycles. The first-order valence-electron chi connectivity index (χ1n) is 8.78. The molecule has 0 fully saturated rings. The number of rotatable bonds is 3. The quantitative estimate of drug-likeness (QED) is 0.742. The third-order valence-electron chi connectivity index (χ3n) is 5.13. The fourth-order valence-electron chi connectivity index (χ4n) is 3.82. The topological polar surface area (TPSA) is 48.7 Å². The Hall–Kier alpha value is -2.65. The Balaban J connectivity index is 1.78. The molecule has 0 atom stereocenters. The predicted octanol–water partition coefficient (Wildman–Crippen LogP) is 4.04. The second-order valence-electron chi connectivity index (χ2n) is 6.63. The van der Waals surface area contributed by atoms with Crippen LogP contribution in [0.1, 0.15) is 11.1 Å². The summed E-state index contributed by atoms with van der Waals surface area (Å²) in [6.45, 7) is 2.23. The van der Waals surface area contributed by atoms with Crippen molar-refractivity contribution in [2.75, 3.05) is 38.9 Å². The molecule has 2 aromatic carbocycles. The van der Waals surface area contributed by atoms with E-state index in [1.807, 2.05) is 24.3 Å². The minimum absolute atomic E-state index is 0.595. The van der Waals surface area contributed by atoms with Gasteiger partial charge in [0.25, 0.3) is 0 Å². The number of ether oxygens (including phenoxy) is 2. The number of nitriles is 1. The van der Waals surface area contributed by atoms with E-state index in [2.05, 4.69) is 43.9 Å². The Morgan fingerprint density at radius 2 is 1.74 bits per heavy atom. The molecule has 0 amide bonds. The van der Waals surface area contributed by atoms with Crippen LogP contribution in [0, 0.1) is 11.3 Å². The predicted molar refractivity (Wildman–Crippen MR) is 109 cm³/mol. The van der Waals surface area contributed by atoms with Crippen molar-refractivity contribution < 1.29 is 9.47 Å². The first kappa shape index (κ1) is 17.7. The number of nitrogens with zero attached hydrogens (tertiary/aromatic N) is 3. The minimum Gasteiger partial charge on any atom is -0.493 e. The van der Waals surface area contributed by atoms with E-state index in [1.54, 1.807) is 14.2 Å². The summed E-state index contributed by atoms with van der Waals surface area (Å²) in [6.07, 6.45) is 0.909. The summed E-state index contributed by atoms with van der Waals surface area (Å²) in [7, 11) is 3.29. The highest BCUT2D eigenvalue weighted by Crippen LogP contribution is 2.40. The summed E-state index contributed by atoms with van der Waals surface area (Å²) < 4.78 is 12.0. The molecule has 2 heterocycles. The highest BCUT2D eigenvalue weighted by Gasteiger charge is 2.31. The van der Waals surface area contributed by atoms with E-state index in [0.29, 0.717) is 12.3 Å². The maximum Gasteiger partial charge on any atom is 0.161 e. The van der Waals surface area contributed by atoms with Gasteiger partial charge in [0.05, 0.1) is 44.8 Å². The van der Waals surface area contributed by atoms with Crippen LogP contribution in [0.4, 0.5) is 5.69 Å². The van der Waals surface area contributed by atoms with Gasteiger partial charge < -0.3 is 19.3 Å². The molecule has 0 saturated carbocycles. The standard InChI is InChI=1S/C21H20BrN3O2/c1-26-19-9-14-7-8-24-13-25(17-5-3-16(22)4-6-17)12-15(11-23)21(24)18(14)10-20(19)27-2/h3-6,9-10H,7-8,12-13H2,1-2H3. The molecule has 0 unspecified atom stereocenters. The maximum atomic E-state index is 9.87. The molecule has 0 aliphatic carbocycles. The normalized spacial score (nSPS) is 15.8. The molecule has 0 N–H and O–H groups in total. The van der Waals surface area contributed by atoms with Crippen molar-refractivity contribution in [2.24, 2.45) is 0 Å². The molecule has 4 rings (SSSR count). The van der Waals surface area contributed by atoms with E-state index >= 15 is 0 Å². The van der Waals surface area contributed by atoms with Gasteiger partial charge in [0.1, 0.15) is 0 Å². The Morgan fingerprint density at radius 3 is 2.41 bits per heavy atom. The van der Waals surface area contributed by atoms with Crippen molar-refractivity contribution in [1.82, 2.24) is 4.90 Å². The monoisotopic (exact) mass is 425 g/mol. The fraction of sp³-hybridized carbons (Fsp3) is 0.286. The van der Waals surface area contributed by atoms with Gasteiger partial charge in [-0.15, -0.1) is 0 Å². The van der Waals surface area contributed by atoms with Crippen molar-refractivity contribution in [3.8, 4) is 17.6 Å². The number of anilines is 1. The summed E-state index contributed by atoms with van der Waals surface area (Å²) in [5.74, 6) is 1.43. The number of hydrogen-bond donors (Lipinski definition) is 0. The summed E-state index contributed by atoms with van der Waals surface area (Å²) in [4.78, 5) is 4.53. The smallest absolute Gasteiger partial charge is 0.161 e. The molecule has 138 valence electrons. The van der Waals surface area contributed by atoms with E-state index in [-0.39, 0.29) is 0 Å². The van der Waals surface area contributed by atoms with Crippen LogP contribution < -0.4 is 14.4 Å². The Bertz CT molecular complexity index is 947. The number of fused-ring (bicyclic) bond motifs is 3. The molecular weight excluding hydrogens is 406 g/mol. The van der Waals surface area contributed by atoms with Gasteiger partial charge in [-0.3, -0.25) is 0 Å². The zero-order chi connectivity index (χ0) is 19.0. The third kappa shape index (κ3) is 3.13. The van der Waals surface area contributed by atoms with Gasteiger partial charge in [-0.2, -0.15) is 5.26 Å². The number of methoxy groups -OCH3 is 2. The van der Waals surface area contributed by atoms with Gasteiger partial charge in [0.2, 0.25) is 0 Å². The molecule has 0 radical (unpaired) electrons. The molecule has 0 spiro atoms. The zero-order valence-electron chi connectivity index (χ0n) is 15.3. The van der Waals surface area contributed by atoms with Crippen LogP contribution in [0.15, 0.2) is 46.4 Å². The summed E-state index contributed by atoms with van der Waals surface area (Å²) in [6, 6.07) is 14.7. The number of benzene rings is 2. The SMILES string of the molecule is COc1cc2c(cc1OC)C1=C(C#N)CN(c3ccc(Br)cc3)CN1CC2. The van der Waals surface area contributed by atoms with Crippen LogP contribution >= 0.6 is 15.9 Å². The molecule has 2 aliphatic rings. The number of hydrogen-bond acceptors (Lipinski definition) is 5. The average Bonchev–Trinajstić information content (AvgIpc) is 2.72. The van der Waals surface area contributed by atoms with Gasteiger partial charge in [0, 0.05) is 22.3 Å². The number of halogens is 1. The van der Waals surface area contributed by atoms with Crippen LogP contribution in [0.25, 0.3) is 5.70 Å². The van der Waals surface area contributed by atoms with Crippen molar-refractivity contribution in [2.45, 2.75) is 6.42 Å². The van der Waals surface area contributed by atoms with Gasteiger partial charge in [0.15, 0.2) is 11.5 Å². The molecule has 0 bridgehead atoms. The molecular formula is C21H20BrN3O2.